The molecule has 0 amide bonds. The summed E-state index contributed by atoms with van der Waals surface area (Å²) in [5.74, 6) is 0.918. The smallest absolute Gasteiger partial charge is 0.122 e. The third kappa shape index (κ3) is 2.30. The minimum absolute atomic E-state index is 0.918. The molecule has 0 spiro atoms. The van der Waals surface area contributed by atoms with Gasteiger partial charge in [0.2, 0.25) is 0 Å². The summed E-state index contributed by atoms with van der Waals surface area (Å²) in [5.41, 5.74) is 5.47. The van der Waals surface area contributed by atoms with E-state index in [9.17, 15) is 0 Å². The fraction of sp³-hybridized carbons (Fsp3) is 0.267. The first-order valence-corrected chi connectivity index (χ1v) is 5.95. The molecule has 0 saturated carbocycles. The third-order valence-corrected chi connectivity index (χ3v) is 3.07. The SMILES string of the molecule is CNc1ccnc(-c2cc(C)c(OC)cc2C)c1. The zero-order chi connectivity index (χ0) is 13.1. The number of aryl methyl sites for hydroxylation is 2. The predicted octanol–water partition coefficient (Wildman–Crippen LogP) is 3.42. The average Bonchev–Trinajstić information content (AvgIpc) is 2.41. The number of benzene rings is 1. The van der Waals surface area contributed by atoms with Crippen molar-refractivity contribution in [3.05, 3.63) is 41.6 Å². The van der Waals surface area contributed by atoms with Crippen LogP contribution in [0.2, 0.25) is 0 Å². The van der Waals surface area contributed by atoms with Crippen LogP contribution >= 0.6 is 0 Å². The molecule has 0 aliphatic rings. The first kappa shape index (κ1) is 12.4. The van der Waals surface area contributed by atoms with Crippen LogP contribution in [0.5, 0.6) is 5.75 Å². The lowest BCUT2D eigenvalue weighted by atomic mass is 10.0. The molecule has 2 rings (SSSR count). The van der Waals surface area contributed by atoms with Crippen LogP contribution < -0.4 is 10.1 Å². The number of anilines is 1. The lowest BCUT2D eigenvalue weighted by Gasteiger charge is -2.11. The molecule has 0 bridgehead atoms. The van der Waals surface area contributed by atoms with E-state index in [1.807, 2.05) is 32.3 Å². The maximum atomic E-state index is 5.33. The van der Waals surface area contributed by atoms with Crippen molar-refractivity contribution in [2.75, 3.05) is 19.5 Å². The Kier molecular flexibility index (Phi) is 3.51. The van der Waals surface area contributed by atoms with Gasteiger partial charge < -0.3 is 10.1 Å². The fourth-order valence-electron chi connectivity index (χ4n) is 2.02. The molecule has 1 aromatic heterocycles. The highest BCUT2D eigenvalue weighted by atomic mass is 16.5. The molecule has 2 aromatic rings. The number of methoxy groups -OCH3 is 1. The van der Waals surface area contributed by atoms with E-state index in [0.717, 1.165) is 28.3 Å². The van der Waals surface area contributed by atoms with E-state index in [1.54, 1.807) is 7.11 Å². The lowest BCUT2D eigenvalue weighted by molar-refractivity contribution is 0.411. The number of nitrogens with one attached hydrogen (secondary N) is 1. The molecular formula is C15H18N2O. The number of rotatable bonds is 3. The Morgan fingerprint density at radius 2 is 1.89 bits per heavy atom. The topological polar surface area (TPSA) is 34.2 Å². The van der Waals surface area contributed by atoms with Gasteiger partial charge in [0.15, 0.2) is 0 Å². The second-order valence-corrected chi connectivity index (χ2v) is 4.32. The van der Waals surface area contributed by atoms with Gasteiger partial charge in [0.05, 0.1) is 12.8 Å². The standard InChI is InChI=1S/C15H18N2O/c1-10-8-15(18-4)11(2)7-13(10)14-9-12(16-3)5-6-17-14/h5-9H,1-4H3,(H,16,17). The summed E-state index contributed by atoms with van der Waals surface area (Å²) in [6.07, 6.45) is 1.82. The van der Waals surface area contributed by atoms with E-state index in [1.165, 1.54) is 5.56 Å². The number of ether oxygens (including phenoxy) is 1. The highest BCUT2D eigenvalue weighted by molar-refractivity contribution is 5.69. The molecule has 0 fully saturated rings. The Balaban J connectivity index is 2.53. The summed E-state index contributed by atoms with van der Waals surface area (Å²) in [4.78, 5) is 4.43. The van der Waals surface area contributed by atoms with Gasteiger partial charge in [-0.1, -0.05) is 0 Å². The van der Waals surface area contributed by atoms with Crippen LogP contribution in [0, 0.1) is 13.8 Å². The lowest BCUT2D eigenvalue weighted by Crippen LogP contribution is -1.94. The van der Waals surface area contributed by atoms with Gasteiger partial charge in [-0.25, -0.2) is 0 Å². The summed E-state index contributed by atoms with van der Waals surface area (Å²) in [6.45, 7) is 4.12. The first-order valence-electron chi connectivity index (χ1n) is 5.95. The van der Waals surface area contributed by atoms with Crippen molar-refractivity contribution in [1.82, 2.24) is 4.98 Å². The fourth-order valence-corrected chi connectivity index (χ4v) is 2.02. The van der Waals surface area contributed by atoms with E-state index in [2.05, 4.69) is 29.4 Å². The van der Waals surface area contributed by atoms with Crippen LogP contribution in [-0.4, -0.2) is 19.1 Å². The van der Waals surface area contributed by atoms with Crippen LogP contribution in [0.1, 0.15) is 11.1 Å². The third-order valence-electron chi connectivity index (χ3n) is 3.07. The number of hydrogen-bond donors (Lipinski definition) is 1. The van der Waals surface area contributed by atoms with E-state index < -0.39 is 0 Å². The molecule has 3 nitrogen and oxygen atoms in total. The van der Waals surface area contributed by atoms with Crippen molar-refractivity contribution in [3.63, 3.8) is 0 Å². The van der Waals surface area contributed by atoms with Gasteiger partial charge in [-0.05, 0) is 49.2 Å². The summed E-state index contributed by atoms with van der Waals surface area (Å²) in [6, 6.07) is 8.18. The first-order chi connectivity index (χ1) is 8.65. The molecule has 1 heterocycles. The molecule has 94 valence electrons. The Labute approximate surface area is 108 Å². The molecule has 0 atom stereocenters. The number of nitrogens with zero attached hydrogens (tertiary/aromatic N) is 1. The Bertz CT molecular complexity index is 564. The molecule has 1 N–H and O–H groups in total. The maximum Gasteiger partial charge on any atom is 0.122 e. The highest BCUT2D eigenvalue weighted by Crippen LogP contribution is 2.29. The van der Waals surface area contributed by atoms with Crippen molar-refractivity contribution < 1.29 is 4.74 Å². The van der Waals surface area contributed by atoms with Crippen LogP contribution in [0.4, 0.5) is 5.69 Å². The van der Waals surface area contributed by atoms with Gasteiger partial charge in [0.1, 0.15) is 5.75 Å². The molecular weight excluding hydrogens is 224 g/mol. The van der Waals surface area contributed by atoms with E-state index in [-0.39, 0.29) is 0 Å². The second-order valence-electron chi connectivity index (χ2n) is 4.32. The number of pyridine rings is 1. The summed E-state index contributed by atoms with van der Waals surface area (Å²) >= 11 is 0. The predicted molar refractivity (Wildman–Crippen MR) is 75.2 cm³/mol. The minimum atomic E-state index is 0.918. The van der Waals surface area contributed by atoms with E-state index >= 15 is 0 Å². The Morgan fingerprint density at radius 3 is 2.56 bits per heavy atom. The molecule has 0 unspecified atom stereocenters. The van der Waals surface area contributed by atoms with Crippen molar-refractivity contribution in [2.45, 2.75) is 13.8 Å². The molecule has 18 heavy (non-hydrogen) atoms. The van der Waals surface area contributed by atoms with Crippen LogP contribution in [-0.2, 0) is 0 Å². The summed E-state index contributed by atoms with van der Waals surface area (Å²) in [7, 11) is 3.60. The monoisotopic (exact) mass is 242 g/mol. The molecule has 1 aromatic carbocycles. The minimum Gasteiger partial charge on any atom is -0.496 e. The normalized spacial score (nSPS) is 10.2. The van der Waals surface area contributed by atoms with Gasteiger partial charge in [0.25, 0.3) is 0 Å². The Morgan fingerprint density at radius 1 is 1.11 bits per heavy atom. The summed E-state index contributed by atoms with van der Waals surface area (Å²) < 4.78 is 5.33. The quantitative estimate of drug-likeness (QED) is 0.895. The molecule has 3 heteroatoms. The van der Waals surface area contributed by atoms with E-state index in [0.29, 0.717) is 0 Å². The molecule has 0 radical (unpaired) electrons. The van der Waals surface area contributed by atoms with Crippen molar-refractivity contribution >= 4 is 5.69 Å². The van der Waals surface area contributed by atoms with Crippen LogP contribution in [0.15, 0.2) is 30.5 Å². The average molecular weight is 242 g/mol. The van der Waals surface area contributed by atoms with Gasteiger partial charge in [-0.3, -0.25) is 4.98 Å². The van der Waals surface area contributed by atoms with Crippen LogP contribution in [0.25, 0.3) is 11.3 Å². The van der Waals surface area contributed by atoms with Crippen LogP contribution in [0.3, 0.4) is 0 Å². The molecule has 0 aliphatic carbocycles. The second kappa shape index (κ2) is 5.08. The van der Waals surface area contributed by atoms with E-state index in [4.69, 9.17) is 4.74 Å². The number of hydrogen-bond acceptors (Lipinski definition) is 3. The molecule has 0 aliphatic heterocycles. The zero-order valence-corrected chi connectivity index (χ0v) is 11.2. The largest absolute Gasteiger partial charge is 0.496 e. The zero-order valence-electron chi connectivity index (χ0n) is 11.2. The number of aromatic nitrogens is 1. The van der Waals surface area contributed by atoms with Crippen molar-refractivity contribution in [3.8, 4) is 17.0 Å². The van der Waals surface area contributed by atoms with Gasteiger partial charge in [-0.2, -0.15) is 0 Å². The van der Waals surface area contributed by atoms with Crippen molar-refractivity contribution in [1.29, 1.82) is 0 Å². The summed E-state index contributed by atoms with van der Waals surface area (Å²) in [5, 5.41) is 3.13. The maximum absolute atomic E-state index is 5.33. The molecule has 0 saturated heterocycles. The van der Waals surface area contributed by atoms with Gasteiger partial charge in [0, 0.05) is 24.5 Å². The van der Waals surface area contributed by atoms with Gasteiger partial charge in [-0.15, -0.1) is 0 Å². The Hall–Kier alpha value is -2.03. The van der Waals surface area contributed by atoms with Crippen molar-refractivity contribution in [2.24, 2.45) is 0 Å². The van der Waals surface area contributed by atoms with Gasteiger partial charge >= 0.3 is 0 Å². The highest BCUT2D eigenvalue weighted by Gasteiger charge is 2.08.